The number of rotatable bonds is 3. The first-order valence-electron chi connectivity index (χ1n) is 6.86. The first-order chi connectivity index (χ1) is 10.5. The number of hydrogen-bond acceptors (Lipinski definition) is 4. The molecule has 1 N–H and O–H groups in total. The highest BCUT2D eigenvalue weighted by Gasteiger charge is 2.32. The van der Waals surface area contributed by atoms with Crippen molar-refractivity contribution in [1.29, 1.82) is 0 Å². The second kappa shape index (κ2) is 6.10. The molecule has 1 aromatic carbocycles. The van der Waals surface area contributed by atoms with Crippen molar-refractivity contribution in [3.63, 3.8) is 0 Å². The van der Waals surface area contributed by atoms with Crippen LogP contribution in [0.3, 0.4) is 0 Å². The Morgan fingerprint density at radius 2 is 2.05 bits per heavy atom. The second-order valence-electron chi connectivity index (χ2n) is 5.12. The van der Waals surface area contributed by atoms with Gasteiger partial charge in [0.05, 0.1) is 10.0 Å². The molecule has 1 aliphatic rings. The predicted octanol–water partition coefficient (Wildman–Crippen LogP) is 3.31. The van der Waals surface area contributed by atoms with Crippen molar-refractivity contribution < 1.29 is 4.79 Å². The summed E-state index contributed by atoms with van der Waals surface area (Å²) < 4.78 is 0. The van der Waals surface area contributed by atoms with Crippen LogP contribution >= 0.6 is 23.2 Å². The number of aromatic nitrogens is 2. The van der Waals surface area contributed by atoms with E-state index in [1.54, 1.807) is 23.1 Å². The van der Waals surface area contributed by atoms with E-state index in [9.17, 15) is 4.79 Å². The summed E-state index contributed by atoms with van der Waals surface area (Å²) in [5.41, 5.74) is 1.60. The van der Waals surface area contributed by atoms with Gasteiger partial charge >= 0.3 is 0 Å². The molecule has 5 nitrogen and oxygen atoms in total. The molecule has 1 aliphatic heterocycles. The fourth-order valence-electron chi connectivity index (χ4n) is 2.44. The third-order valence-electron chi connectivity index (χ3n) is 3.55. The van der Waals surface area contributed by atoms with E-state index in [1.807, 2.05) is 13.0 Å². The number of benzene rings is 1. The lowest BCUT2D eigenvalue weighted by molar-refractivity contribution is -0.117. The van der Waals surface area contributed by atoms with Crippen LogP contribution in [0.5, 0.6) is 0 Å². The standard InChI is InChI=1S/C15H14Cl2N4O/c1-9-6-14(19-8-18-9)20-13-4-5-21(15(13)22)10-2-3-11(16)12(17)7-10/h2-3,6-8,13H,4-5H2,1H3,(H,18,19,20). The quantitative estimate of drug-likeness (QED) is 0.934. The summed E-state index contributed by atoms with van der Waals surface area (Å²) in [5, 5.41) is 4.07. The van der Waals surface area contributed by atoms with Crippen molar-refractivity contribution >= 4 is 40.6 Å². The van der Waals surface area contributed by atoms with Gasteiger partial charge in [0.2, 0.25) is 5.91 Å². The molecular weight excluding hydrogens is 323 g/mol. The molecule has 2 heterocycles. The van der Waals surface area contributed by atoms with Gasteiger partial charge < -0.3 is 10.2 Å². The number of aryl methyl sites for hydroxylation is 1. The van der Waals surface area contributed by atoms with Crippen LogP contribution in [0.25, 0.3) is 0 Å². The van der Waals surface area contributed by atoms with Crippen LogP contribution in [0.2, 0.25) is 10.0 Å². The van der Waals surface area contributed by atoms with Crippen LogP contribution in [-0.2, 0) is 4.79 Å². The van der Waals surface area contributed by atoms with E-state index in [-0.39, 0.29) is 11.9 Å². The Hall–Kier alpha value is -1.85. The maximum Gasteiger partial charge on any atom is 0.249 e. The van der Waals surface area contributed by atoms with Crippen LogP contribution in [0.4, 0.5) is 11.5 Å². The minimum atomic E-state index is -0.302. The van der Waals surface area contributed by atoms with Crippen LogP contribution in [-0.4, -0.2) is 28.5 Å². The smallest absolute Gasteiger partial charge is 0.249 e. The van der Waals surface area contributed by atoms with E-state index >= 15 is 0 Å². The van der Waals surface area contributed by atoms with Gasteiger partial charge in [0, 0.05) is 24.0 Å². The summed E-state index contributed by atoms with van der Waals surface area (Å²) in [6.45, 7) is 2.50. The lowest BCUT2D eigenvalue weighted by Gasteiger charge is -2.18. The summed E-state index contributed by atoms with van der Waals surface area (Å²) in [5.74, 6) is 0.650. The normalized spacial score (nSPS) is 17.9. The van der Waals surface area contributed by atoms with E-state index in [0.29, 0.717) is 28.8 Å². The number of hydrogen-bond donors (Lipinski definition) is 1. The zero-order valence-electron chi connectivity index (χ0n) is 11.9. The Morgan fingerprint density at radius 3 is 2.77 bits per heavy atom. The van der Waals surface area contributed by atoms with Crippen molar-refractivity contribution in [2.45, 2.75) is 19.4 Å². The molecule has 22 heavy (non-hydrogen) atoms. The van der Waals surface area contributed by atoms with E-state index in [2.05, 4.69) is 15.3 Å². The first kappa shape index (κ1) is 15.1. The molecule has 3 rings (SSSR count). The van der Waals surface area contributed by atoms with E-state index in [0.717, 1.165) is 11.4 Å². The zero-order valence-corrected chi connectivity index (χ0v) is 13.4. The highest BCUT2D eigenvalue weighted by atomic mass is 35.5. The van der Waals surface area contributed by atoms with Gasteiger partial charge in [-0.2, -0.15) is 0 Å². The van der Waals surface area contributed by atoms with E-state index in [1.165, 1.54) is 6.33 Å². The number of anilines is 2. The van der Waals surface area contributed by atoms with Crippen molar-refractivity contribution in [3.8, 4) is 0 Å². The molecule has 0 spiro atoms. The predicted molar refractivity (Wildman–Crippen MR) is 87.6 cm³/mol. The Kier molecular flexibility index (Phi) is 4.18. The van der Waals surface area contributed by atoms with Crippen LogP contribution in [0, 0.1) is 6.92 Å². The Balaban J connectivity index is 1.75. The minimum absolute atomic E-state index is 0.00495. The molecule has 1 amide bonds. The van der Waals surface area contributed by atoms with Crippen molar-refractivity contribution in [1.82, 2.24) is 9.97 Å². The Morgan fingerprint density at radius 1 is 1.23 bits per heavy atom. The lowest BCUT2D eigenvalue weighted by atomic mass is 10.2. The number of nitrogens with one attached hydrogen (secondary N) is 1. The highest BCUT2D eigenvalue weighted by molar-refractivity contribution is 6.42. The van der Waals surface area contributed by atoms with Gasteiger partial charge in [-0.3, -0.25) is 4.79 Å². The third-order valence-corrected chi connectivity index (χ3v) is 4.29. The maximum atomic E-state index is 12.5. The van der Waals surface area contributed by atoms with Crippen LogP contribution in [0.15, 0.2) is 30.6 Å². The largest absolute Gasteiger partial charge is 0.358 e. The molecule has 0 aliphatic carbocycles. The first-order valence-corrected chi connectivity index (χ1v) is 7.62. The summed E-state index contributed by atoms with van der Waals surface area (Å²) in [4.78, 5) is 22.4. The molecule has 1 unspecified atom stereocenters. The summed E-state index contributed by atoms with van der Waals surface area (Å²) in [6.07, 6.45) is 2.18. The van der Waals surface area contributed by atoms with Gasteiger partial charge in [-0.05, 0) is 31.5 Å². The number of carbonyl (C=O) groups is 1. The lowest BCUT2D eigenvalue weighted by Crippen LogP contribution is -2.33. The van der Waals surface area contributed by atoms with Crippen molar-refractivity contribution in [2.24, 2.45) is 0 Å². The minimum Gasteiger partial charge on any atom is -0.358 e. The number of halogens is 2. The maximum absolute atomic E-state index is 12.5. The third kappa shape index (κ3) is 3.00. The molecule has 7 heteroatoms. The molecule has 114 valence electrons. The fraction of sp³-hybridized carbons (Fsp3) is 0.267. The van der Waals surface area contributed by atoms with Crippen molar-refractivity contribution in [2.75, 3.05) is 16.8 Å². The average molecular weight is 337 g/mol. The van der Waals surface area contributed by atoms with Gasteiger partial charge in [-0.25, -0.2) is 9.97 Å². The van der Waals surface area contributed by atoms with E-state index in [4.69, 9.17) is 23.2 Å². The molecule has 1 atom stereocenters. The van der Waals surface area contributed by atoms with Crippen molar-refractivity contribution in [3.05, 3.63) is 46.3 Å². The monoisotopic (exact) mass is 336 g/mol. The molecule has 1 saturated heterocycles. The summed E-state index contributed by atoms with van der Waals surface area (Å²) in [6, 6.07) is 6.71. The molecular formula is C15H14Cl2N4O. The van der Waals surface area contributed by atoms with Gasteiger partial charge in [0.15, 0.2) is 0 Å². The number of amides is 1. The van der Waals surface area contributed by atoms with Gasteiger partial charge in [0.1, 0.15) is 18.2 Å². The zero-order chi connectivity index (χ0) is 15.7. The molecule has 2 aromatic rings. The summed E-state index contributed by atoms with van der Waals surface area (Å²) >= 11 is 11.9. The highest BCUT2D eigenvalue weighted by Crippen LogP contribution is 2.30. The topological polar surface area (TPSA) is 58.1 Å². The average Bonchev–Trinajstić information content (AvgIpc) is 2.83. The van der Waals surface area contributed by atoms with Crippen LogP contribution < -0.4 is 10.2 Å². The van der Waals surface area contributed by atoms with Gasteiger partial charge in [0.25, 0.3) is 0 Å². The Labute approximate surface area is 138 Å². The van der Waals surface area contributed by atoms with Gasteiger partial charge in [-0.15, -0.1) is 0 Å². The number of carbonyl (C=O) groups excluding carboxylic acids is 1. The Bertz CT molecular complexity index is 722. The van der Waals surface area contributed by atoms with Gasteiger partial charge in [-0.1, -0.05) is 23.2 Å². The van der Waals surface area contributed by atoms with Crippen LogP contribution in [0.1, 0.15) is 12.1 Å². The number of nitrogens with zero attached hydrogens (tertiary/aromatic N) is 3. The summed E-state index contributed by atoms with van der Waals surface area (Å²) in [7, 11) is 0. The molecule has 0 radical (unpaired) electrons. The second-order valence-corrected chi connectivity index (χ2v) is 5.93. The molecule has 1 aromatic heterocycles. The van der Waals surface area contributed by atoms with E-state index < -0.39 is 0 Å². The molecule has 0 saturated carbocycles. The molecule has 1 fully saturated rings. The molecule has 0 bridgehead atoms. The fourth-order valence-corrected chi connectivity index (χ4v) is 2.73. The SMILES string of the molecule is Cc1cc(NC2CCN(c3ccc(Cl)c(Cl)c3)C2=O)ncn1.